The lowest BCUT2D eigenvalue weighted by Crippen LogP contribution is -2.27. The fourth-order valence-electron chi connectivity index (χ4n) is 3.99. The molecule has 4 heterocycles. The van der Waals surface area contributed by atoms with Gasteiger partial charge in [0.1, 0.15) is 15.0 Å². The Morgan fingerprint density at radius 3 is 2.73 bits per heavy atom. The minimum atomic E-state index is -0.253. The molecular formula is C27H19N3O4S3. The first-order valence-electron chi connectivity index (χ1n) is 11.4. The predicted molar refractivity (Wildman–Crippen MR) is 148 cm³/mol. The minimum absolute atomic E-state index is 0.181. The van der Waals surface area contributed by atoms with Crippen LogP contribution in [0.1, 0.15) is 16.7 Å². The van der Waals surface area contributed by atoms with Crippen LogP contribution in [0.15, 0.2) is 86.5 Å². The number of hydrogen-bond acceptors (Lipinski definition) is 8. The summed E-state index contributed by atoms with van der Waals surface area (Å²) in [5, 5.41) is 0.529. The largest absolute Gasteiger partial charge is 0.454 e. The summed E-state index contributed by atoms with van der Waals surface area (Å²) in [6.07, 6.45) is 3.29. The van der Waals surface area contributed by atoms with Gasteiger partial charge in [0.05, 0.1) is 17.0 Å². The molecule has 0 spiro atoms. The molecule has 7 nitrogen and oxygen atoms in total. The molecule has 10 heteroatoms. The highest BCUT2D eigenvalue weighted by Crippen LogP contribution is 2.37. The van der Waals surface area contributed by atoms with E-state index in [1.165, 1.54) is 32.8 Å². The zero-order valence-electron chi connectivity index (χ0n) is 19.5. The molecular weight excluding hydrogens is 527 g/mol. The van der Waals surface area contributed by atoms with E-state index >= 15 is 0 Å². The number of rotatable bonds is 5. The molecule has 0 bridgehead atoms. The number of ether oxygens (including phenoxy) is 2. The lowest BCUT2D eigenvalue weighted by Gasteiger charge is -2.14. The molecule has 0 unspecified atom stereocenters. The van der Waals surface area contributed by atoms with Gasteiger partial charge in [0.2, 0.25) is 6.79 Å². The van der Waals surface area contributed by atoms with E-state index in [4.69, 9.17) is 26.7 Å². The molecule has 0 saturated carbocycles. The quantitative estimate of drug-likeness (QED) is 0.190. The van der Waals surface area contributed by atoms with Gasteiger partial charge in [-0.1, -0.05) is 65.6 Å². The summed E-state index contributed by atoms with van der Waals surface area (Å²) < 4.78 is 12.7. The van der Waals surface area contributed by atoms with E-state index in [-0.39, 0.29) is 18.3 Å². The Kier molecular flexibility index (Phi) is 6.23. The minimum Gasteiger partial charge on any atom is -0.454 e. The molecule has 1 amide bonds. The van der Waals surface area contributed by atoms with Crippen LogP contribution in [0.25, 0.3) is 11.7 Å². The van der Waals surface area contributed by atoms with Crippen LogP contribution >= 0.6 is 35.7 Å². The van der Waals surface area contributed by atoms with Crippen LogP contribution in [0.4, 0.5) is 0 Å². The van der Waals surface area contributed by atoms with Crippen molar-refractivity contribution in [3.8, 4) is 11.5 Å². The van der Waals surface area contributed by atoms with Crippen molar-refractivity contribution in [3.05, 3.63) is 98.8 Å². The highest BCUT2D eigenvalue weighted by Gasteiger charge is 2.33. The van der Waals surface area contributed by atoms with Crippen LogP contribution in [-0.4, -0.2) is 31.3 Å². The van der Waals surface area contributed by atoms with Crippen molar-refractivity contribution in [2.75, 3.05) is 6.79 Å². The second kappa shape index (κ2) is 9.70. The normalized spacial score (nSPS) is 15.8. The van der Waals surface area contributed by atoms with Gasteiger partial charge in [-0.3, -0.25) is 18.9 Å². The number of carbonyl (C=O) groups is 1. The molecule has 0 atom stereocenters. The van der Waals surface area contributed by atoms with Crippen LogP contribution in [-0.2, 0) is 11.3 Å². The van der Waals surface area contributed by atoms with Crippen molar-refractivity contribution < 1.29 is 14.3 Å². The molecule has 1 fully saturated rings. The van der Waals surface area contributed by atoms with E-state index in [0.29, 0.717) is 43.5 Å². The number of pyridine rings is 1. The van der Waals surface area contributed by atoms with Gasteiger partial charge in [0, 0.05) is 11.1 Å². The zero-order chi connectivity index (χ0) is 25.5. The summed E-state index contributed by atoms with van der Waals surface area (Å²) in [5.41, 5.74) is 2.64. The summed E-state index contributed by atoms with van der Waals surface area (Å²) in [4.78, 5) is 34.5. The van der Waals surface area contributed by atoms with Crippen molar-refractivity contribution in [2.45, 2.75) is 23.4 Å². The third kappa shape index (κ3) is 4.63. The van der Waals surface area contributed by atoms with Crippen LogP contribution in [0.3, 0.4) is 0 Å². The molecule has 0 N–H and O–H groups in total. The molecule has 184 valence electrons. The van der Waals surface area contributed by atoms with E-state index in [9.17, 15) is 9.59 Å². The first-order chi connectivity index (χ1) is 18.0. The number of carbonyl (C=O) groups excluding carboxylic acids is 1. The van der Waals surface area contributed by atoms with E-state index in [0.717, 1.165) is 16.0 Å². The molecule has 2 aromatic heterocycles. The Labute approximate surface area is 226 Å². The van der Waals surface area contributed by atoms with Crippen molar-refractivity contribution >= 4 is 57.7 Å². The highest BCUT2D eigenvalue weighted by molar-refractivity contribution is 8.26. The van der Waals surface area contributed by atoms with Gasteiger partial charge in [-0.15, -0.1) is 0 Å². The van der Waals surface area contributed by atoms with Gasteiger partial charge in [-0.25, -0.2) is 4.98 Å². The lowest BCUT2D eigenvalue weighted by molar-refractivity contribution is -0.122. The molecule has 37 heavy (non-hydrogen) atoms. The van der Waals surface area contributed by atoms with E-state index < -0.39 is 0 Å². The first kappa shape index (κ1) is 23.8. The average molecular weight is 546 g/mol. The van der Waals surface area contributed by atoms with E-state index in [2.05, 4.69) is 0 Å². The number of benzene rings is 2. The van der Waals surface area contributed by atoms with Crippen molar-refractivity contribution in [3.63, 3.8) is 0 Å². The first-order valence-corrected chi connectivity index (χ1v) is 13.4. The van der Waals surface area contributed by atoms with Gasteiger partial charge < -0.3 is 9.47 Å². The second-order valence-corrected chi connectivity index (χ2v) is 11.2. The van der Waals surface area contributed by atoms with Gasteiger partial charge in [-0.05, 0) is 55.0 Å². The second-order valence-electron chi connectivity index (χ2n) is 8.44. The molecule has 6 rings (SSSR count). The Hall–Kier alpha value is -3.60. The maximum atomic E-state index is 13.5. The summed E-state index contributed by atoms with van der Waals surface area (Å²) >= 11 is 8.11. The maximum Gasteiger partial charge on any atom is 0.266 e. The molecule has 0 radical (unpaired) electrons. The molecule has 2 aliphatic heterocycles. The molecule has 2 aliphatic rings. The van der Waals surface area contributed by atoms with Gasteiger partial charge >= 0.3 is 0 Å². The Balaban J connectivity index is 1.36. The zero-order valence-corrected chi connectivity index (χ0v) is 22.0. The Bertz CT molecular complexity index is 1660. The van der Waals surface area contributed by atoms with E-state index in [1.54, 1.807) is 24.4 Å². The number of thiocarbonyl (C=S) groups is 1. The fourth-order valence-corrected chi connectivity index (χ4v) is 6.12. The number of aromatic nitrogens is 2. The third-order valence-electron chi connectivity index (χ3n) is 5.90. The van der Waals surface area contributed by atoms with Crippen LogP contribution < -0.4 is 15.0 Å². The summed E-state index contributed by atoms with van der Waals surface area (Å²) in [5.74, 6) is 1.07. The maximum absolute atomic E-state index is 13.5. The van der Waals surface area contributed by atoms with Crippen LogP contribution in [0.2, 0.25) is 0 Å². The topological polar surface area (TPSA) is 73.1 Å². The number of thioether (sulfide) groups is 1. The van der Waals surface area contributed by atoms with E-state index in [1.807, 2.05) is 55.5 Å². The number of aryl methyl sites for hydroxylation is 1. The molecule has 2 aromatic carbocycles. The van der Waals surface area contributed by atoms with Crippen LogP contribution in [0, 0.1) is 6.92 Å². The molecule has 1 saturated heterocycles. The molecule has 4 aromatic rings. The standard InChI is InChI=1S/C27H19N3O4S3/c1-16-5-8-18(9-6-16)36-24-19(25(31)29-11-3-2-4-23(29)28-24)13-22-26(32)30(27(35)37-22)14-17-7-10-20-21(12-17)34-15-33-20/h2-13H,14-15H2,1H3/b22-13+. The van der Waals surface area contributed by atoms with Crippen molar-refractivity contribution in [2.24, 2.45) is 0 Å². The predicted octanol–water partition coefficient (Wildman–Crippen LogP) is 5.28. The van der Waals surface area contributed by atoms with Crippen LogP contribution in [0.5, 0.6) is 11.5 Å². The smallest absolute Gasteiger partial charge is 0.266 e. The summed E-state index contributed by atoms with van der Waals surface area (Å²) in [6.45, 7) is 2.49. The Morgan fingerprint density at radius 1 is 1.08 bits per heavy atom. The number of nitrogens with zero attached hydrogens (tertiary/aromatic N) is 3. The SMILES string of the molecule is Cc1ccc(Sc2nc3ccccn3c(=O)c2/C=C2/SC(=S)N(Cc3ccc4c(c3)OCO4)C2=O)cc1. The van der Waals surface area contributed by atoms with Gasteiger partial charge in [0.15, 0.2) is 11.5 Å². The molecule has 0 aliphatic carbocycles. The van der Waals surface area contributed by atoms with Gasteiger partial charge in [-0.2, -0.15) is 0 Å². The number of amides is 1. The highest BCUT2D eigenvalue weighted by atomic mass is 32.2. The summed E-state index contributed by atoms with van der Waals surface area (Å²) in [7, 11) is 0. The lowest BCUT2D eigenvalue weighted by atomic mass is 10.2. The third-order valence-corrected chi connectivity index (χ3v) is 8.29. The fraction of sp³-hybridized carbons (Fsp3) is 0.111. The Morgan fingerprint density at radius 2 is 1.89 bits per heavy atom. The number of hydrogen-bond donors (Lipinski definition) is 0. The summed E-state index contributed by atoms with van der Waals surface area (Å²) in [6, 6.07) is 18.9. The van der Waals surface area contributed by atoms with Crippen molar-refractivity contribution in [1.82, 2.24) is 14.3 Å². The van der Waals surface area contributed by atoms with Gasteiger partial charge in [0.25, 0.3) is 11.5 Å². The monoisotopic (exact) mass is 545 g/mol. The van der Waals surface area contributed by atoms with Crippen molar-refractivity contribution in [1.29, 1.82) is 0 Å². The average Bonchev–Trinajstić information content (AvgIpc) is 3.47. The number of fused-ring (bicyclic) bond motifs is 2.